The summed E-state index contributed by atoms with van der Waals surface area (Å²) in [6, 6.07) is 1.23. The van der Waals surface area contributed by atoms with E-state index < -0.39 is 5.95 Å². The monoisotopic (exact) mass is 210 g/mol. The van der Waals surface area contributed by atoms with E-state index in [2.05, 4.69) is 9.97 Å². The molecule has 80 valence electrons. The molecule has 0 aromatic carbocycles. The van der Waals surface area contributed by atoms with Crippen LogP contribution in [0.1, 0.15) is 0 Å². The van der Waals surface area contributed by atoms with Crippen LogP contribution in [0.4, 0.5) is 10.2 Å². The van der Waals surface area contributed by atoms with Gasteiger partial charge < -0.3 is 9.80 Å². The van der Waals surface area contributed by atoms with Crippen molar-refractivity contribution in [3.8, 4) is 0 Å². The minimum atomic E-state index is -0.577. The van der Waals surface area contributed by atoms with E-state index in [0.29, 0.717) is 18.9 Å². The van der Waals surface area contributed by atoms with Crippen LogP contribution in [0.15, 0.2) is 12.4 Å². The molecule has 0 spiro atoms. The third kappa shape index (κ3) is 2.03. The lowest BCUT2D eigenvalue weighted by atomic mass is 10.3. The van der Waals surface area contributed by atoms with Crippen molar-refractivity contribution in [3.63, 3.8) is 0 Å². The van der Waals surface area contributed by atoms with E-state index in [1.807, 2.05) is 0 Å². The van der Waals surface area contributed by atoms with Crippen molar-refractivity contribution in [2.45, 2.75) is 0 Å². The average molecular weight is 210 g/mol. The number of likely N-dealkylation sites (N-methyl/N-ethyl adjacent to an activating group) is 1. The van der Waals surface area contributed by atoms with Gasteiger partial charge in [-0.2, -0.15) is 4.39 Å². The molecule has 1 amide bonds. The standard InChI is InChI=1S/C9H11FN4O/c1-13-2-3-14(5-9(13)15)8-4-7(10)11-6-12-8/h4,6H,2-3,5H2,1H3. The van der Waals surface area contributed by atoms with Gasteiger partial charge in [0.15, 0.2) is 0 Å². The molecule has 1 aromatic rings. The van der Waals surface area contributed by atoms with Crippen molar-refractivity contribution in [3.05, 3.63) is 18.3 Å². The van der Waals surface area contributed by atoms with Gasteiger partial charge >= 0.3 is 0 Å². The lowest BCUT2D eigenvalue weighted by molar-refractivity contribution is -0.129. The zero-order valence-electron chi connectivity index (χ0n) is 8.35. The molecule has 0 atom stereocenters. The number of carbonyl (C=O) groups excluding carboxylic acids is 1. The van der Waals surface area contributed by atoms with Crippen molar-refractivity contribution in [1.82, 2.24) is 14.9 Å². The largest absolute Gasteiger partial charge is 0.345 e. The summed E-state index contributed by atoms with van der Waals surface area (Å²) in [5.74, 6) is -0.101. The van der Waals surface area contributed by atoms with Gasteiger partial charge in [-0.1, -0.05) is 0 Å². The van der Waals surface area contributed by atoms with Gasteiger partial charge in [0.2, 0.25) is 11.9 Å². The van der Waals surface area contributed by atoms with Crippen LogP contribution in [0.2, 0.25) is 0 Å². The van der Waals surface area contributed by atoms with E-state index in [9.17, 15) is 9.18 Å². The highest BCUT2D eigenvalue weighted by Crippen LogP contribution is 2.12. The van der Waals surface area contributed by atoms with Gasteiger partial charge in [0.25, 0.3) is 0 Å². The molecule has 1 fully saturated rings. The molecule has 15 heavy (non-hydrogen) atoms. The van der Waals surface area contributed by atoms with Crippen molar-refractivity contribution in [2.24, 2.45) is 0 Å². The van der Waals surface area contributed by atoms with E-state index in [0.717, 1.165) is 6.33 Å². The Morgan fingerprint density at radius 1 is 1.40 bits per heavy atom. The molecule has 5 nitrogen and oxygen atoms in total. The quantitative estimate of drug-likeness (QED) is 0.607. The summed E-state index contributed by atoms with van der Waals surface area (Å²) in [7, 11) is 1.75. The van der Waals surface area contributed by atoms with Gasteiger partial charge in [-0.15, -0.1) is 0 Å². The number of rotatable bonds is 1. The molecular formula is C9H11FN4O. The molecular weight excluding hydrogens is 199 g/mol. The minimum Gasteiger partial charge on any atom is -0.345 e. The Bertz CT molecular complexity index is 384. The Morgan fingerprint density at radius 3 is 2.87 bits per heavy atom. The SMILES string of the molecule is CN1CCN(c2cc(F)ncn2)CC1=O. The number of piperazine rings is 1. The molecule has 0 N–H and O–H groups in total. The topological polar surface area (TPSA) is 49.3 Å². The van der Waals surface area contributed by atoms with Crippen LogP contribution in [0.25, 0.3) is 0 Å². The first-order chi connectivity index (χ1) is 7.16. The molecule has 1 aliphatic heterocycles. The Kier molecular flexibility index (Phi) is 2.49. The second-order valence-corrected chi connectivity index (χ2v) is 3.44. The van der Waals surface area contributed by atoms with E-state index in [1.165, 1.54) is 6.07 Å². The van der Waals surface area contributed by atoms with Crippen molar-refractivity contribution < 1.29 is 9.18 Å². The maximum Gasteiger partial charge on any atom is 0.241 e. The molecule has 0 unspecified atom stereocenters. The lowest BCUT2D eigenvalue weighted by Gasteiger charge is -2.32. The highest BCUT2D eigenvalue weighted by molar-refractivity contribution is 5.82. The summed E-state index contributed by atoms with van der Waals surface area (Å²) in [4.78, 5) is 22.1. The average Bonchev–Trinajstić information content (AvgIpc) is 2.22. The minimum absolute atomic E-state index is 0.0141. The third-order valence-corrected chi connectivity index (χ3v) is 2.40. The van der Waals surface area contributed by atoms with Crippen LogP contribution in [-0.2, 0) is 4.79 Å². The van der Waals surface area contributed by atoms with E-state index in [-0.39, 0.29) is 12.5 Å². The van der Waals surface area contributed by atoms with Crippen LogP contribution in [0, 0.1) is 5.95 Å². The number of halogens is 1. The molecule has 0 bridgehead atoms. The molecule has 0 radical (unpaired) electrons. The van der Waals surface area contributed by atoms with E-state index in [1.54, 1.807) is 16.8 Å². The number of hydrogen-bond donors (Lipinski definition) is 0. The molecule has 2 rings (SSSR count). The van der Waals surface area contributed by atoms with Crippen LogP contribution in [0.3, 0.4) is 0 Å². The van der Waals surface area contributed by atoms with Gasteiger partial charge in [0.05, 0.1) is 6.54 Å². The molecule has 1 aliphatic rings. The summed E-state index contributed by atoms with van der Waals surface area (Å²) in [6.45, 7) is 1.54. The number of aromatic nitrogens is 2. The highest BCUT2D eigenvalue weighted by atomic mass is 19.1. The van der Waals surface area contributed by atoms with Crippen molar-refractivity contribution in [2.75, 3.05) is 31.6 Å². The molecule has 0 aliphatic carbocycles. The van der Waals surface area contributed by atoms with E-state index >= 15 is 0 Å². The molecule has 1 aromatic heterocycles. The Morgan fingerprint density at radius 2 is 2.20 bits per heavy atom. The normalized spacial score (nSPS) is 17.1. The van der Waals surface area contributed by atoms with Gasteiger partial charge in [-0.3, -0.25) is 4.79 Å². The predicted molar refractivity (Wildman–Crippen MR) is 51.8 cm³/mol. The predicted octanol–water partition coefficient (Wildman–Crippen LogP) is -0.106. The first-order valence-corrected chi connectivity index (χ1v) is 4.63. The fourth-order valence-corrected chi connectivity index (χ4v) is 1.45. The lowest BCUT2D eigenvalue weighted by Crippen LogP contribution is -2.48. The van der Waals surface area contributed by atoms with Crippen LogP contribution in [0.5, 0.6) is 0 Å². The number of nitrogens with zero attached hydrogens (tertiary/aromatic N) is 4. The maximum absolute atomic E-state index is 12.8. The first-order valence-electron chi connectivity index (χ1n) is 4.63. The molecule has 1 saturated heterocycles. The second kappa shape index (κ2) is 3.80. The van der Waals surface area contributed by atoms with Crippen LogP contribution >= 0.6 is 0 Å². The van der Waals surface area contributed by atoms with E-state index in [4.69, 9.17) is 0 Å². The Balaban J connectivity index is 2.15. The summed E-state index contributed by atoms with van der Waals surface area (Å²) >= 11 is 0. The smallest absolute Gasteiger partial charge is 0.241 e. The zero-order valence-corrected chi connectivity index (χ0v) is 8.35. The van der Waals surface area contributed by atoms with Crippen LogP contribution in [-0.4, -0.2) is 47.5 Å². The number of hydrogen-bond acceptors (Lipinski definition) is 4. The second-order valence-electron chi connectivity index (χ2n) is 3.44. The summed E-state index contributed by atoms with van der Waals surface area (Å²) in [5.41, 5.74) is 0. The first kappa shape index (κ1) is 9.82. The molecule has 0 saturated carbocycles. The number of carbonyl (C=O) groups is 1. The van der Waals surface area contributed by atoms with Gasteiger partial charge in [-0.05, 0) is 0 Å². The van der Waals surface area contributed by atoms with Gasteiger partial charge in [0.1, 0.15) is 12.1 Å². The fraction of sp³-hybridized carbons (Fsp3) is 0.444. The third-order valence-electron chi connectivity index (χ3n) is 2.40. The van der Waals surface area contributed by atoms with Gasteiger partial charge in [-0.25, -0.2) is 9.97 Å². The number of anilines is 1. The Hall–Kier alpha value is -1.72. The maximum atomic E-state index is 12.8. The summed E-state index contributed by atoms with van der Waals surface area (Å²) < 4.78 is 12.8. The molecule has 2 heterocycles. The van der Waals surface area contributed by atoms with Crippen molar-refractivity contribution in [1.29, 1.82) is 0 Å². The Labute approximate surface area is 86.5 Å². The fourth-order valence-electron chi connectivity index (χ4n) is 1.45. The molecule has 6 heteroatoms. The van der Waals surface area contributed by atoms with Crippen molar-refractivity contribution >= 4 is 11.7 Å². The van der Waals surface area contributed by atoms with Gasteiger partial charge in [0, 0.05) is 26.2 Å². The van der Waals surface area contributed by atoms with Crippen LogP contribution < -0.4 is 4.90 Å². The summed E-state index contributed by atoms with van der Waals surface area (Å²) in [5, 5.41) is 0. The number of amides is 1. The highest BCUT2D eigenvalue weighted by Gasteiger charge is 2.22. The summed E-state index contributed by atoms with van der Waals surface area (Å²) in [6.07, 6.45) is 1.16. The zero-order chi connectivity index (χ0) is 10.8.